The number of allylic oxidation sites excluding steroid dienone is 2. The zero-order valence-electron chi connectivity index (χ0n) is 15.6. The van der Waals surface area contributed by atoms with E-state index in [1.54, 1.807) is 54.6 Å². The van der Waals surface area contributed by atoms with Gasteiger partial charge >= 0.3 is 6.18 Å². The molecule has 3 aromatic rings. The van der Waals surface area contributed by atoms with E-state index >= 15 is 0 Å². The standard InChI is InChI=1S/C24H15F3O3/c25-24(26,27)16-12-10-15(11-13-16)14-20-21(28)18-8-4-5-9-19(18)22(29)23(20)30-17-6-2-1-3-7-17/h1-13H,14H2. The molecule has 0 N–H and O–H groups in total. The smallest absolute Gasteiger partial charge is 0.416 e. The van der Waals surface area contributed by atoms with Crippen LogP contribution in [0.15, 0.2) is 90.2 Å². The molecule has 0 unspecified atom stereocenters. The molecule has 0 heterocycles. The monoisotopic (exact) mass is 408 g/mol. The van der Waals surface area contributed by atoms with Crippen molar-refractivity contribution in [1.82, 2.24) is 0 Å². The van der Waals surface area contributed by atoms with Crippen LogP contribution in [0.5, 0.6) is 5.75 Å². The Bertz CT molecular complexity index is 1140. The molecule has 30 heavy (non-hydrogen) atoms. The lowest BCUT2D eigenvalue weighted by Crippen LogP contribution is -2.26. The fraction of sp³-hybridized carbons (Fsp3) is 0.0833. The number of para-hydroxylation sites is 1. The molecule has 0 saturated carbocycles. The van der Waals surface area contributed by atoms with Gasteiger partial charge in [0.25, 0.3) is 0 Å². The van der Waals surface area contributed by atoms with Gasteiger partial charge in [-0.15, -0.1) is 0 Å². The molecule has 4 rings (SSSR count). The molecule has 0 spiro atoms. The van der Waals surface area contributed by atoms with Crippen LogP contribution < -0.4 is 4.74 Å². The van der Waals surface area contributed by atoms with Gasteiger partial charge < -0.3 is 4.74 Å². The second-order valence-corrected chi connectivity index (χ2v) is 6.80. The average Bonchev–Trinajstić information content (AvgIpc) is 2.75. The first-order chi connectivity index (χ1) is 14.3. The number of fused-ring (bicyclic) bond motifs is 1. The molecule has 3 aromatic carbocycles. The Morgan fingerprint density at radius 1 is 0.700 bits per heavy atom. The molecule has 6 heteroatoms. The summed E-state index contributed by atoms with van der Waals surface area (Å²) in [6, 6.07) is 19.5. The van der Waals surface area contributed by atoms with Crippen molar-refractivity contribution in [3.8, 4) is 5.75 Å². The zero-order chi connectivity index (χ0) is 21.3. The van der Waals surface area contributed by atoms with Crippen molar-refractivity contribution in [3.63, 3.8) is 0 Å². The van der Waals surface area contributed by atoms with Crippen LogP contribution in [0.1, 0.15) is 31.8 Å². The maximum Gasteiger partial charge on any atom is 0.416 e. The predicted octanol–water partition coefficient (Wildman–Crippen LogP) is 5.66. The van der Waals surface area contributed by atoms with Gasteiger partial charge in [0.05, 0.1) is 11.1 Å². The van der Waals surface area contributed by atoms with E-state index in [4.69, 9.17) is 4.74 Å². The first-order valence-corrected chi connectivity index (χ1v) is 9.15. The highest BCUT2D eigenvalue weighted by molar-refractivity contribution is 6.26. The number of carbonyl (C=O) groups excluding carboxylic acids is 2. The summed E-state index contributed by atoms with van der Waals surface area (Å²) in [5, 5.41) is 0. The van der Waals surface area contributed by atoms with E-state index in [2.05, 4.69) is 0 Å². The summed E-state index contributed by atoms with van der Waals surface area (Å²) in [4.78, 5) is 26.2. The second kappa shape index (κ2) is 7.63. The summed E-state index contributed by atoms with van der Waals surface area (Å²) in [6.07, 6.45) is -4.48. The van der Waals surface area contributed by atoms with Crippen molar-refractivity contribution in [2.45, 2.75) is 12.6 Å². The van der Waals surface area contributed by atoms with E-state index in [1.807, 2.05) is 0 Å². The van der Waals surface area contributed by atoms with E-state index in [-0.39, 0.29) is 34.7 Å². The first-order valence-electron chi connectivity index (χ1n) is 9.15. The van der Waals surface area contributed by atoms with Crippen LogP contribution >= 0.6 is 0 Å². The summed E-state index contributed by atoms with van der Waals surface area (Å²) >= 11 is 0. The molecule has 0 saturated heterocycles. The lowest BCUT2D eigenvalue weighted by atomic mass is 9.85. The predicted molar refractivity (Wildman–Crippen MR) is 104 cm³/mol. The molecule has 0 amide bonds. The second-order valence-electron chi connectivity index (χ2n) is 6.80. The number of hydrogen-bond acceptors (Lipinski definition) is 3. The summed E-state index contributed by atoms with van der Waals surface area (Å²) in [5.41, 5.74) is 0.293. The van der Waals surface area contributed by atoms with Gasteiger partial charge in [-0.3, -0.25) is 9.59 Å². The fourth-order valence-electron chi connectivity index (χ4n) is 3.29. The van der Waals surface area contributed by atoms with Crippen molar-refractivity contribution in [3.05, 3.63) is 112 Å². The van der Waals surface area contributed by atoms with Crippen molar-refractivity contribution in [1.29, 1.82) is 0 Å². The van der Waals surface area contributed by atoms with Crippen molar-refractivity contribution in [2.24, 2.45) is 0 Å². The molecule has 1 aliphatic rings. The SMILES string of the molecule is O=C1C(Cc2ccc(C(F)(F)F)cc2)=C(Oc2ccccc2)C(=O)c2ccccc21. The Balaban J connectivity index is 1.76. The summed E-state index contributed by atoms with van der Waals surface area (Å²) in [7, 11) is 0. The van der Waals surface area contributed by atoms with Gasteiger partial charge in [-0.05, 0) is 29.8 Å². The quantitative estimate of drug-likeness (QED) is 0.560. The summed E-state index contributed by atoms with van der Waals surface area (Å²) < 4.78 is 44.3. The highest BCUT2D eigenvalue weighted by Gasteiger charge is 2.34. The van der Waals surface area contributed by atoms with E-state index < -0.39 is 17.5 Å². The number of benzene rings is 3. The zero-order valence-corrected chi connectivity index (χ0v) is 15.6. The molecule has 0 aromatic heterocycles. The Morgan fingerprint density at radius 2 is 1.27 bits per heavy atom. The Hall–Kier alpha value is -3.67. The molecule has 150 valence electrons. The first kappa shape index (κ1) is 19.6. The maximum atomic E-state index is 13.1. The van der Waals surface area contributed by atoms with Gasteiger partial charge in [0.15, 0.2) is 11.5 Å². The van der Waals surface area contributed by atoms with E-state index in [0.717, 1.165) is 12.1 Å². The number of carbonyl (C=O) groups is 2. The van der Waals surface area contributed by atoms with Crippen LogP contribution in [-0.4, -0.2) is 11.6 Å². The third-order valence-corrected chi connectivity index (χ3v) is 4.80. The number of Topliss-reactive ketones (excluding diaryl/α,β-unsaturated/α-hetero) is 2. The van der Waals surface area contributed by atoms with Gasteiger partial charge in [0, 0.05) is 17.5 Å². The van der Waals surface area contributed by atoms with Gasteiger partial charge in [-0.2, -0.15) is 13.2 Å². The number of ether oxygens (including phenoxy) is 1. The molecule has 3 nitrogen and oxygen atoms in total. The van der Waals surface area contributed by atoms with Gasteiger partial charge in [-0.1, -0.05) is 54.6 Å². The fourth-order valence-corrected chi connectivity index (χ4v) is 3.29. The summed E-state index contributed by atoms with van der Waals surface area (Å²) in [5.74, 6) is -0.533. The van der Waals surface area contributed by atoms with E-state index in [1.165, 1.54) is 12.1 Å². The van der Waals surface area contributed by atoms with Crippen molar-refractivity contribution < 1.29 is 27.5 Å². The van der Waals surface area contributed by atoms with E-state index in [9.17, 15) is 22.8 Å². The topological polar surface area (TPSA) is 43.4 Å². The van der Waals surface area contributed by atoms with Crippen LogP contribution in [0.2, 0.25) is 0 Å². The largest absolute Gasteiger partial charge is 0.453 e. The molecular formula is C24H15F3O3. The molecule has 0 fully saturated rings. The maximum absolute atomic E-state index is 13.1. The van der Waals surface area contributed by atoms with Crippen molar-refractivity contribution >= 4 is 11.6 Å². The highest BCUT2D eigenvalue weighted by Crippen LogP contribution is 2.32. The highest BCUT2D eigenvalue weighted by atomic mass is 19.4. The van der Waals surface area contributed by atoms with Crippen LogP contribution in [0.25, 0.3) is 0 Å². The molecule has 1 aliphatic carbocycles. The third kappa shape index (κ3) is 3.76. The summed E-state index contributed by atoms with van der Waals surface area (Å²) in [6.45, 7) is 0. The lowest BCUT2D eigenvalue weighted by Gasteiger charge is -2.21. The van der Waals surface area contributed by atoms with E-state index in [0.29, 0.717) is 11.3 Å². The number of alkyl halides is 3. The van der Waals surface area contributed by atoms with Gasteiger partial charge in [-0.25, -0.2) is 0 Å². The van der Waals surface area contributed by atoms with Crippen LogP contribution in [-0.2, 0) is 12.6 Å². The Morgan fingerprint density at radius 3 is 1.87 bits per heavy atom. The normalized spacial score (nSPS) is 14.0. The minimum absolute atomic E-state index is 0.0286. The Labute approximate surface area is 170 Å². The third-order valence-electron chi connectivity index (χ3n) is 4.80. The van der Waals surface area contributed by atoms with Crippen LogP contribution in [0, 0.1) is 0 Å². The Kier molecular flexibility index (Phi) is 4.99. The van der Waals surface area contributed by atoms with Crippen molar-refractivity contribution in [2.75, 3.05) is 0 Å². The minimum atomic E-state index is -4.45. The molecular weight excluding hydrogens is 393 g/mol. The lowest BCUT2D eigenvalue weighted by molar-refractivity contribution is -0.137. The number of halogens is 3. The average molecular weight is 408 g/mol. The number of ketones is 2. The van der Waals surface area contributed by atoms with Crippen LogP contribution in [0.4, 0.5) is 13.2 Å². The molecule has 0 atom stereocenters. The number of hydrogen-bond donors (Lipinski definition) is 0. The molecule has 0 aliphatic heterocycles. The van der Waals surface area contributed by atoms with Crippen LogP contribution in [0.3, 0.4) is 0 Å². The molecule has 0 radical (unpaired) electrons. The number of rotatable bonds is 4. The van der Waals surface area contributed by atoms with Gasteiger partial charge in [0.2, 0.25) is 5.78 Å². The minimum Gasteiger partial charge on any atom is -0.453 e. The molecule has 0 bridgehead atoms. The van der Waals surface area contributed by atoms with Gasteiger partial charge in [0.1, 0.15) is 5.75 Å².